The van der Waals surface area contributed by atoms with E-state index in [4.69, 9.17) is 0 Å². The van der Waals surface area contributed by atoms with Gasteiger partial charge in [0.2, 0.25) is 0 Å². The molecule has 0 saturated heterocycles. The molecule has 2 nitrogen and oxygen atoms in total. The molecular formula is C14H19BrN2. The zero-order valence-corrected chi connectivity index (χ0v) is 11.6. The number of benzene rings is 1. The van der Waals surface area contributed by atoms with Crippen LogP contribution in [0, 0.1) is 0 Å². The van der Waals surface area contributed by atoms with Gasteiger partial charge in [-0.1, -0.05) is 35.2 Å². The van der Waals surface area contributed by atoms with Gasteiger partial charge >= 0.3 is 0 Å². The summed E-state index contributed by atoms with van der Waals surface area (Å²) in [7, 11) is 0. The number of hydrogen-bond acceptors (Lipinski definition) is 2. The molecule has 0 bridgehead atoms. The molecule has 0 amide bonds. The van der Waals surface area contributed by atoms with Crippen molar-refractivity contribution in [2.24, 2.45) is 0 Å². The first kappa shape index (κ1) is 11.4. The molecule has 1 fully saturated rings. The summed E-state index contributed by atoms with van der Waals surface area (Å²) >= 11 is 3.56. The van der Waals surface area contributed by atoms with Gasteiger partial charge in [0.1, 0.15) is 0 Å². The van der Waals surface area contributed by atoms with Crippen LogP contribution in [0.1, 0.15) is 38.5 Å². The smallest absolute Gasteiger partial charge is 0.0591 e. The van der Waals surface area contributed by atoms with Gasteiger partial charge in [-0.2, -0.15) is 0 Å². The fraction of sp³-hybridized carbons (Fsp3) is 0.571. The summed E-state index contributed by atoms with van der Waals surface area (Å²) < 4.78 is 1.15. The van der Waals surface area contributed by atoms with Crippen molar-refractivity contribution in [1.82, 2.24) is 0 Å². The minimum atomic E-state index is 0.345. The molecule has 1 heterocycles. The molecule has 1 aromatic rings. The van der Waals surface area contributed by atoms with Gasteiger partial charge < -0.3 is 10.6 Å². The Morgan fingerprint density at radius 2 is 1.82 bits per heavy atom. The second-order valence-electron chi connectivity index (χ2n) is 5.33. The number of nitrogens with one attached hydrogen (secondary N) is 2. The molecule has 1 aliphatic carbocycles. The zero-order valence-electron chi connectivity index (χ0n) is 10.1. The van der Waals surface area contributed by atoms with Crippen LogP contribution in [0.2, 0.25) is 0 Å². The molecule has 1 aliphatic heterocycles. The van der Waals surface area contributed by atoms with E-state index in [2.05, 4.69) is 44.8 Å². The largest absolute Gasteiger partial charge is 0.383 e. The van der Waals surface area contributed by atoms with Gasteiger partial charge in [0, 0.05) is 16.6 Å². The molecule has 3 heteroatoms. The first-order valence-corrected chi connectivity index (χ1v) is 7.38. The number of anilines is 2. The third-order valence-electron chi connectivity index (χ3n) is 4.11. The van der Waals surface area contributed by atoms with E-state index in [0.29, 0.717) is 5.54 Å². The highest BCUT2D eigenvalue weighted by Crippen LogP contribution is 2.39. The summed E-state index contributed by atoms with van der Waals surface area (Å²) in [4.78, 5) is 0. The summed E-state index contributed by atoms with van der Waals surface area (Å²) in [5.41, 5.74) is 2.85. The number of hydrogen-bond donors (Lipinski definition) is 2. The van der Waals surface area contributed by atoms with Crippen LogP contribution in [0.5, 0.6) is 0 Å². The molecule has 2 aliphatic rings. The van der Waals surface area contributed by atoms with Crippen LogP contribution in [0.3, 0.4) is 0 Å². The second-order valence-corrected chi connectivity index (χ2v) is 6.25. The summed E-state index contributed by atoms with van der Waals surface area (Å²) in [6.45, 7) is 1.08. The first-order chi connectivity index (χ1) is 8.27. The Hall–Kier alpha value is -0.700. The van der Waals surface area contributed by atoms with Crippen LogP contribution in [0.25, 0.3) is 0 Å². The molecule has 17 heavy (non-hydrogen) atoms. The number of rotatable bonds is 0. The van der Waals surface area contributed by atoms with Crippen molar-refractivity contribution < 1.29 is 0 Å². The van der Waals surface area contributed by atoms with E-state index in [9.17, 15) is 0 Å². The molecule has 1 aromatic carbocycles. The molecule has 1 spiro atoms. The second kappa shape index (κ2) is 4.52. The highest BCUT2D eigenvalue weighted by atomic mass is 79.9. The Balaban J connectivity index is 1.92. The van der Waals surface area contributed by atoms with Gasteiger partial charge in [0.15, 0.2) is 0 Å². The molecule has 0 unspecified atom stereocenters. The normalized spacial score (nSPS) is 22.2. The van der Waals surface area contributed by atoms with Gasteiger partial charge in [-0.3, -0.25) is 0 Å². The molecule has 3 rings (SSSR count). The van der Waals surface area contributed by atoms with Crippen molar-refractivity contribution in [2.45, 2.75) is 44.1 Å². The van der Waals surface area contributed by atoms with Gasteiger partial charge in [0.05, 0.1) is 11.4 Å². The average molecular weight is 295 g/mol. The molecule has 92 valence electrons. The fourth-order valence-corrected chi connectivity index (χ4v) is 3.52. The van der Waals surface area contributed by atoms with Crippen molar-refractivity contribution >= 4 is 27.3 Å². The Morgan fingerprint density at radius 3 is 2.65 bits per heavy atom. The van der Waals surface area contributed by atoms with Gasteiger partial charge in [-0.05, 0) is 37.5 Å². The van der Waals surface area contributed by atoms with E-state index >= 15 is 0 Å². The number of fused-ring (bicyclic) bond motifs is 1. The Morgan fingerprint density at radius 1 is 1.00 bits per heavy atom. The van der Waals surface area contributed by atoms with Crippen molar-refractivity contribution in [3.63, 3.8) is 0 Å². The predicted molar refractivity (Wildman–Crippen MR) is 76.7 cm³/mol. The van der Waals surface area contributed by atoms with Crippen LogP contribution < -0.4 is 10.6 Å². The summed E-state index contributed by atoms with van der Waals surface area (Å²) in [5, 5.41) is 7.36. The SMILES string of the molecule is Brc1ccc2c(c1)NC1(CCCCC1)CCN2. The first-order valence-electron chi connectivity index (χ1n) is 6.59. The van der Waals surface area contributed by atoms with E-state index in [-0.39, 0.29) is 0 Å². The summed E-state index contributed by atoms with van der Waals surface area (Å²) in [6, 6.07) is 6.46. The van der Waals surface area contributed by atoms with Crippen LogP contribution in [-0.4, -0.2) is 12.1 Å². The van der Waals surface area contributed by atoms with Gasteiger partial charge in [0.25, 0.3) is 0 Å². The van der Waals surface area contributed by atoms with E-state index in [1.54, 1.807) is 0 Å². The van der Waals surface area contributed by atoms with Crippen molar-refractivity contribution in [1.29, 1.82) is 0 Å². The van der Waals surface area contributed by atoms with Gasteiger partial charge in [-0.25, -0.2) is 0 Å². The lowest BCUT2D eigenvalue weighted by molar-refractivity contribution is 0.313. The highest BCUT2D eigenvalue weighted by molar-refractivity contribution is 9.10. The lowest BCUT2D eigenvalue weighted by Crippen LogP contribution is -2.40. The van der Waals surface area contributed by atoms with E-state index in [1.165, 1.54) is 49.9 Å². The standard InChI is InChI=1S/C14H19BrN2/c15-11-4-5-12-13(10-11)17-14(8-9-16-12)6-2-1-3-7-14/h4-5,10,16-17H,1-3,6-9H2. The predicted octanol–water partition coefficient (Wildman–Crippen LogP) is 4.38. The van der Waals surface area contributed by atoms with E-state index in [1.807, 2.05) is 0 Å². The minimum absolute atomic E-state index is 0.345. The molecular weight excluding hydrogens is 276 g/mol. The lowest BCUT2D eigenvalue weighted by atomic mass is 9.79. The highest BCUT2D eigenvalue weighted by Gasteiger charge is 2.33. The molecule has 1 saturated carbocycles. The van der Waals surface area contributed by atoms with E-state index < -0.39 is 0 Å². The van der Waals surface area contributed by atoms with Gasteiger partial charge in [-0.15, -0.1) is 0 Å². The summed E-state index contributed by atoms with van der Waals surface area (Å²) in [6.07, 6.45) is 8.02. The summed E-state index contributed by atoms with van der Waals surface area (Å²) in [5.74, 6) is 0. The van der Waals surface area contributed by atoms with Crippen LogP contribution in [0.15, 0.2) is 22.7 Å². The molecule has 0 radical (unpaired) electrons. The lowest BCUT2D eigenvalue weighted by Gasteiger charge is -2.38. The Kier molecular flexibility index (Phi) is 3.03. The van der Waals surface area contributed by atoms with Crippen LogP contribution in [-0.2, 0) is 0 Å². The van der Waals surface area contributed by atoms with E-state index in [0.717, 1.165) is 11.0 Å². The maximum absolute atomic E-state index is 3.82. The third-order valence-corrected chi connectivity index (χ3v) is 4.60. The van der Waals surface area contributed by atoms with Crippen molar-refractivity contribution in [2.75, 3.05) is 17.2 Å². The van der Waals surface area contributed by atoms with Crippen LogP contribution >= 0.6 is 15.9 Å². The zero-order chi connectivity index (χ0) is 11.7. The average Bonchev–Trinajstić information content (AvgIpc) is 2.49. The van der Waals surface area contributed by atoms with Crippen LogP contribution in [0.4, 0.5) is 11.4 Å². The molecule has 2 N–H and O–H groups in total. The maximum atomic E-state index is 3.82. The maximum Gasteiger partial charge on any atom is 0.0591 e. The molecule has 0 atom stereocenters. The topological polar surface area (TPSA) is 24.1 Å². The monoisotopic (exact) mass is 294 g/mol. The number of halogens is 1. The van der Waals surface area contributed by atoms with Crippen molar-refractivity contribution in [3.8, 4) is 0 Å². The quantitative estimate of drug-likeness (QED) is 0.742. The molecule has 0 aromatic heterocycles. The van der Waals surface area contributed by atoms with Crippen molar-refractivity contribution in [3.05, 3.63) is 22.7 Å². The Labute approximate surface area is 111 Å². The Bertz CT molecular complexity index is 411. The third kappa shape index (κ3) is 2.30. The minimum Gasteiger partial charge on any atom is -0.383 e. The fourth-order valence-electron chi connectivity index (χ4n) is 3.16.